The smallest absolute Gasteiger partial charge is 0.236 e. The summed E-state index contributed by atoms with van der Waals surface area (Å²) in [5.41, 5.74) is 3.07. The molecule has 9 nitrogen and oxygen atoms in total. The fraction of sp³-hybridized carbons (Fsp3) is 0.586. The molecule has 4 fully saturated rings. The molecule has 0 atom stereocenters. The number of nitrogens with zero attached hydrogens (tertiary/aromatic N) is 5. The Bertz CT molecular complexity index is 1400. The number of hydrogen-bond acceptors (Lipinski definition) is 9. The average Bonchev–Trinajstić information content (AvgIpc) is 3.56. The second-order valence-corrected chi connectivity index (χ2v) is 15.1. The molecule has 0 spiro atoms. The molecule has 1 aromatic carbocycles. The number of thioether (sulfide) groups is 2. The lowest BCUT2D eigenvalue weighted by Gasteiger charge is -2.55. The fourth-order valence-corrected chi connectivity index (χ4v) is 9.94. The van der Waals surface area contributed by atoms with Crippen LogP contribution in [0.25, 0.3) is 5.69 Å². The van der Waals surface area contributed by atoms with E-state index >= 15 is 0 Å². The minimum Gasteiger partial charge on any atom is -0.348 e. The van der Waals surface area contributed by atoms with Crippen LogP contribution in [0.2, 0.25) is 0 Å². The van der Waals surface area contributed by atoms with Gasteiger partial charge in [-0.1, -0.05) is 66.9 Å². The van der Waals surface area contributed by atoms with E-state index in [0.29, 0.717) is 40.4 Å². The average molecular weight is 612 g/mol. The zero-order valence-electron chi connectivity index (χ0n) is 23.8. The highest BCUT2D eigenvalue weighted by Crippen LogP contribution is 2.60. The van der Waals surface area contributed by atoms with E-state index in [1.165, 1.54) is 47.9 Å². The molecule has 0 unspecified atom stereocenters. The van der Waals surface area contributed by atoms with Gasteiger partial charge in [0.1, 0.15) is 0 Å². The molecule has 2 aromatic heterocycles. The van der Waals surface area contributed by atoms with Crippen molar-refractivity contribution in [1.82, 2.24) is 30.3 Å². The highest BCUT2D eigenvalue weighted by molar-refractivity contribution is 8.01. The van der Waals surface area contributed by atoms with Crippen LogP contribution in [0.3, 0.4) is 0 Å². The van der Waals surface area contributed by atoms with Crippen molar-refractivity contribution >= 4 is 51.8 Å². The van der Waals surface area contributed by atoms with Gasteiger partial charge in [0.25, 0.3) is 0 Å². The molecule has 2 heterocycles. The molecule has 4 saturated carbocycles. The zero-order valence-corrected chi connectivity index (χ0v) is 26.3. The first kappa shape index (κ1) is 28.7. The summed E-state index contributed by atoms with van der Waals surface area (Å²) in [5, 5.41) is 24.5. The minimum absolute atomic E-state index is 0.154. The van der Waals surface area contributed by atoms with Crippen molar-refractivity contribution in [3.05, 3.63) is 35.2 Å². The lowest BCUT2D eigenvalue weighted by Crippen LogP contribution is -2.53. The normalized spacial score (nSPS) is 24.5. The molecule has 4 aliphatic carbocycles. The fourth-order valence-electron chi connectivity index (χ4n) is 7.52. The number of carbonyl (C=O) groups excluding carboxylic acids is 2. The summed E-state index contributed by atoms with van der Waals surface area (Å²) >= 11 is 4.31. The van der Waals surface area contributed by atoms with E-state index in [2.05, 4.69) is 70.0 Å². The van der Waals surface area contributed by atoms with Gasteiger partial charge in [-0.3, -0.25) is 19.5 Å². The summed E-state index contributed by atoms with van der Waals surface area (Å²) in [6, 6.07) is 6.25. The van der Waals surface area contributed by atoms with Gasteiger partial charge in [-0.25, -0.2) is 0 Å². The Balaban J connectivity index is 1.20. The van der Waals surface area contributed by atoms with E-state index in [4.69, 9.17) is 0 Å². The number of amides is 2. The summed E-state index contributed by atoms with van der Waals surface area (Å²) < 4.78 is 2.87. The van der Waals surface area contributed by atoms with Crippen LogP contribution in [-0.2, 0) is 22.6 Å². The van der Waals surface area contributed by atoms with Crippen LogP contribution in [-0.4, -0.2) is 48.3 Å². The van der Waals surface area contributed by atoms with Gasteiger partial charge >= 0.3 is 0 Å². The van der Waals surface area contributed by atoms with Crippen molar-refractivity contribution in [2.45, 2.75) is 81.8 Å². The number of anilines is 1. The van der Waals surface area contributed by atoms with Crippen molar-refractivity contribution in [2.75, 3.05) is 16.8 Å². The van der Waals surface area contributed by atoms with Gasteiger partial charge in [-0.2, -0.15) is 0 Å². The van der Waals surface area contributed by atoms with Gasteiger partial charge in [-0.05, 0) is 86.5 Å². The first-order chi connectivity index (χ1) is 19.9. The third kappa shape index (κ3) is 5.92. The first-order valence-corrected chi connectivity index (χ1v) is 17.4. The number of hydrogen-bond donors (Lipinski definition) is 2. The van der Waals surface area contributed by atoms with Gasteiger partial charge in [0.15, 0.2) is 15.3 Å². The molecule has 2 N–H and O–H groups in total. The molecule has 12 heteroatoms. The predicted octanol–water partition coefficient (Wildman–Crippen LogP) is 5.67. The van der Waals surface area contributed by atoms with Crippen molar-refractivity contribution in [2.24, 2.45) is 23.2 Å². The Labute approximate surface area is 253 Å². The Morgan fingerprint density at radius 3 is 2.44 bits per heavy atom. The lowest BCUT2D eigenvalue weighted by molar-refractivity contribution is -0.146. The summed E-state index contributed by atoms with van der Waals surface area (Å²) in [7, 11) is 0. The van der Waals surface area contributed by atoms with E-state index in [1.54, 1.807) is 11.8 Å². The topological polar surface area (TPSA) is 115 Å². The number of para-hydroxylation sites is 1. The Hall–Kier alpha value is -2.44. The predicted molar refractivity (Wildman–Crippen MR) is 164 cm³/mol. The minimum atomic E-state index is -0.216. The third-order valence-corrected chi connectivity index (χ3v) is 11.6. The molecule has 4 bridgehead atoms. The molecule has 7 rings (SSSR count). The summed E-state index contributed by atoms with van der Waals surface area (Å²) in [5.74, 6) is 3.87. The Morgan fingerprint density at radius 2 is 1.76 bits per heavy atom. The van der Waals surface area contributed by atoms with Gasteiger partial charge < -0.3 is 5.32 Å². The van der Waals surface area contributed by atoms with Crippen molar-refractivity contribution in [3.63, 3.8) is 0 Å². The highest BCUT2D eigenvalue weighted by atomic mass is 32.2. The third-order valence-electron chi connectivity index (χ3n) is 8.81. The first-order valence-electron chi connectivity index (χ1n) is 14.6. The van der Waals surface area contributed by atoms with Crippen molar-refractivity contribution in [3.8, 4) is 5.69 Å². The summed E-state index contributed by atoms with van der Waals surface area (Å²) in [6.07, 6.45) is 7.84. The monoisotopic (exact) mass is 611 g/mol. The second kappa shape index (κ2) is 12.0. The lowest BCUT2D eigenvalue weighted by atomic mass is 9.49. The molecule has 218 valence electrons. The number of carbonyl (C=O) groups is 2. The molecule has 0 saturated heterocycles. The van der Waals surface area contributed by atoms with Crippen molar-refractivity contribution in [1.29, 1.82) is 0 Å². The maximum atomic E-state index is 13.7. The van der Waals surface area contributed by atoms with Gasteiger partial charge in [-0.15, -0.1) is 20.4 Å². The molecule has 3 aromatic rings. The molecule has 0 radical (unpaired) electrons. The van der Waals surface area contributed by atoms with Crippen molar-refractivity contribution < 1.29 is 9.59 Å². The number of aryl methyl sites for hydroxylation is 2. The largest absolute Gasteiger partial charge is 0.348 e. The van der Waals surface area contributed by atoms with Crippen LogP contribution in [0.4, 0.5) is 5.13 Å². The van der Waals surface area contributed by atoms with Gasteiger partial charge in [0.2, 0.25) is 16.9 Å². The van der Waals surface area contributed by atoms with E-state index in [0.717, 1.165) is 47.0 Å². The molecule has 4 aliphatic rings. The van der Waals surface area contributed by atoms with E-state index in [-0.39, 0.29) is 23.0 Å². The SMILES string of the molecule is CCSc1nnc(NC(=O)CSc2nnc(CNC(=O)C34CC5CC(CC(C5)C3)C4)n2-c2c(C)cccc2CC)s1. The molecule has 41 heavy (non-hydrogen) atoms. The quantitative estimate of drug-likeness (QED) is 0.211. The Kier molecular flexibility index (Phi) is 8.42. The van der Waals surface area contributed by atoms with Crippen LogP contribution in [0.1, 0.15) is 69.3 Å². The van der Waals surface area contributed by atoms with E-state index in [9.17, 15) is 9.59 Å². The standard InChI is InChI=1S/C29H37N7O2S3/c1-4-21-8-6-7-17(3)24(21)36-22(15-30-25(38)29-12-18-9-19(13-29)11-20(10-18)14-29)32-34-27(36)40-16-23(37)31-26-33-35-28(41-26)39-5-2/h6-8,18-20H,4-5,9-16H2,1-3H3,(H,30,38)(H,31,33,37). The van der Waals surface area contributed by atoms with Gasteiger partial charge in [0.05, 0.1) is 18.0 Å². The second-order valence-electron chi connectivity index (χ2n) is 11.7. The van der Waals surface area contributed by atoms with Crippen LogP contribution in [0, 0.1) is 30.1 Å². The Morgan fingerprint density at radius 1 is 1.02 bits per heavy atom. The maximum absolute atomic E-state index is 13.7. The summed E-state index contributed by atoms with van der Waals surface area (Å²) in [6.45, 7) is 6.57. The number of rotatable bonds is 11. The number of benzene rings is 1. The summed E-state index contributed by atoms with van der Waals surface area (Å²) in [4.78, 5) is 26.5. The maximum Gasteiger partial charge on any atom is 0.236 e. The molecular formula is C29H37N7O2S3. The van der Waals surface area contributed by atoms with Crippen LogP contribution < -0.4 is 10.6 Å². The van der Waals surface area contributed by atoms with Crippen LogP contribution in [0.15, 0.2) is 27.7 Å². The number of aromatic nitrogens is 5. The van der Waals surface area contributed by atoms with Gasteiger partial charge in [0, 0.05) is 5.41 Å². The molecule has 0 aliphatic heterocycles. The van der Waals surface area contributed by atoms with E-state index in [1.807, 2.05) is 4.57 Å². The molecule has 2 amide bonds. The number of nitrogens with one attached hydrogen (secondary N) is 2. The van der Waals surface area contributed by atoms with Crippen LogP contribution >= 0.6 is 34.9 Å². The van der Waals surface area contributed by atoms with E-state index < -0.39 is 0 Å². The highest BCUT2D eigenvalue weighted by Gasteiger charge is 2.54. The molecular weight excluding hydrogens is 575 g/mol. The van der Waals surface area contributed by atoms with Crippen LogP contribution in [0.5, 0.6) is 0 Å². The zero-order chi connectivity index (χ0) is 28.6.